The molecule has 41 heavy (non-hydrogen) atoms. The molecule has 0 N–H and O–H groups in total. The maximum atomic E-state index is 13.9. The first-order chi connectivity index (χ1) is 18.8. The van der Waals surface area contributed by atoms with Crippen LogP contribution in [0.4, 0.5) is 26.3 Å². The van der Waals surface area contributed by atoms with E-state index in [0.717, 1.165) is 46.5 Å². The third kappa shape index (κ3) is 4.85. The SMILES string of the molecule is CC(C)(C)c1ccc(C2(c3ccc(C(C)(C)C)cc3)c3ccc(C(F)(F)F)cc3-c3cc(C(F)(F)F)ccc32)cc1. The molecule has 1 aliphatic carbocycles. The minimum Gasteiger partial charge on any atom is -0.166 e. The molecular formula is C35H32F6. The second-order valence-corrected chi connectivity index (χ2v) is 12.9. The molecule has 0 bridgehead atoms. The molecule has 0 nitrogen and oxygen atoms in total. The van der Waals surface area contributed by atoms with Crippen molar-refractivity contribution in [3.05, 3.63) is 129 Å². The van der Waals surface area contributed by atoms with Crippen molar-refractivity contribution >= 4 is 0 Å². The zero-order valence-corrected chi connectivity index (χ0v) is 23.9. The van der Waals surface area contributed by atoms with Crippen LogP contribution >= 0.6 is 0 Å². The fraction of sp³-hybridized carbons (Fsp3) is 0.314. The van der Waals surface area contributed by atoms with E-state index in [1.165, 1.54) is 12.1 Å². The Morgan fingerprint density at radius 2 is 0.707 bits per heavy atom. The van der Waals surface area contributed by atoms with E-state index in [1.54, 1.807) is 0 Å². The van der Waals surface area contributed by atoms with Crippen molar-refractivity contribution in [2.24, 2.45) is 0 Å². The van der Waals surface area contributed by atoms with Gasteiger partial charge < -0.3 is 0 Å². The summed E-state index contributed by atoms with van der Waals surface area (Å²) in [6, 6.07) is 22.7. The summed E-state index contributed by atoms with van der Waals surface area (Å²) in [5.41, 5.74) is 1.82. The number of rotatable bonds is 2. The molecule has 1 aliphatic rings. The van der Waals surface area contributed by atoms with Crippen LogP contribution in [0.5, 0.6) is 0 Å². The normalized spacial score (nSPS) is 15.0. The number of hydrogen-bond acceptors (Lipinski definition) is 0. The van der Waals surface area contributed by atoms with Gasteiger partial charge in [0, 0.05) is 0 Å². The summed E-state index contributed by atoms with van der Waals surface area (Å²) in [5, 5.41) is 0. The van der Waals surface area contributed by atoms with Crippen molar-refractivity contribution < 1.29 is 26.3 Å². The highest BCUT2D eigenvalue weighted by atomic mass is 19.4. The lowest BCUT2D eigenvalue weighted by molar-refractivity contribution is -0.138. The molecule has 0 spiro atoms. The fourth-order valence-electron chi connectivity index (χ4n) is 5.92. The van der Waals surface area contributed by atoms with Crippen molar-refractivity contribution in [2.75, 3.05) is 0 Å². The summed E-state index contributed by atoms with van der Waals surface area (Å²) < 4.78 is 83.2. The predicted molar refractivity (Wildman–Crippen MR) is 151 cm³/mol. The van der Waals surface area contributed by atoms with Crippen molar-refractivity contribution in [3.8, 4) is 11.1 Å². The summed E-state index contributed by atoms with van der Waals surface area (Å²) in [6.07, 6.45) is -9.30. The Kier molecular flexibility index (Phi) is 6.52. The lowest BCUT2D eigenvalue weighted by Crippen LogP contribution is -2.29. The molecule has 4 aromatic carbocycles. The molecule has 0 saturated heterocycles. The van der Waals surface area contributed by atoms with Crippen LogP contribution in [0.25, 0.3) is 11.1 Å². The monoisotopic (exact) mass is 566 g/mol. The minimum atomic E-state index is -4.65. The van der Waals surface area contributed by atoms with E-state index in [-0.39, 0.29) is 22.0 Å². The third-order valence-electron chi connectivity index (χ3n) is 8.16. The number of benzene rings is 4. The van der Waals surface area contributed by atoms with Gasteiger partial charge in [-0.25, -0.2) is 0 Å². The van der Waals surface area contributed by atoms with Crippen LogP contribution in [0, 0.1) is 0 Å². The quantitative estimate of drug-likeness (QED) is 0.187. The van der Waals surface area contributed by atoms with Crippen molar-refractivity contribution in [1.29, 1.82) is 0 Å². The number of hydrogen-bond donors (Lipinski definition) is 0. The molecule has 0 atom stereocenters. The van der Waals surface area contributed by atoms with Gasteiger partial charge in [0.05, 0.1) is 16.5 Å². The summed E-state index contributed by atoms with van der Waals surface area (Å²) in [6.45, 7) is 12.5. The van der Waals surface area contributed by atoms with Crippen molar-refractivity contribution in [2.45, 2.75) is 70.1 Å². The molecule has 0 aliphatic heterocycles. The van der Waals surface area contributed by atoms with Crippen molar-refractivity contribution in [1.82, 2.24) is 0 Å². The van der Waals surface area contributed by atoms with Crippen LogP contribution in [0.2, 0.25) is 0 Å². The average Bonchev–Trinajstić information content (AvgIpc) is 3.17. The van der Waals surface area contributed by atoms with Crippen LogP contribution < -0.4 is 0 Å². The molecule has 0 heterocycles. The van der Waals surface area contributed by atoms with Gasteiger partial charge in [-0.15, -0.1) is 0 Å². The van der Waals surface area contributed by atoms with Crippen LogP contribution in [0.1, 0.15) is 86.1 Å². The smallest absolute Gasteiger partial charge is 0.166 e. The Bertz CT molecular complexity index is 1470. The first-order valence-electron chi connectivity index (χ1n) is 13.5. The zero-order valence-electron chi connectivity index (χ0n) is 23.9. The van der Waals surface area contributed by atoms with Gasteiger partial charge >= 0.3 is 12.4 Å². The highest BCUT2D eigenvalue weighted by Crippen LogP contribution is 2.57. The molecule has 0 unspecified atom stereocenters. The Hall–Kier alpha value is -3.54. The van der Waals surface area contributed by atoms with Gasteiger partial charge in [0.2, 0.25) is 0 Å². The van der Waals surface area contributed by atoms with Crippen LogP contribution in [-0.4, -0.2) is 0 Å². The van der Waals surface area contributed by atoms with E-state index in [1.807, 2.05) is 48.5 Å². The molecule has 0 aromatic heterocycles. The molecule has 214 valence electrons. The van der Waals surface area contributed by atoms with E-state index < -0.39 is 28.9 Å². The fourth-order valence-corrected chi connectivity index (χ4v) is 5.92. The van der Waals surface area contributed by atoms with Gasteiger partial charge in [-0.1, -0.05) is 102 Å². The van der Waals surface area contributed by atoms with Gasteiger partial charge in [0.1, 0.15) is 0 Å². The summed E-state index contributed by atoms with van der Waals surface area (Å²) >= 11 is 0. The molecule has 0 fully saturated rings. The molecule has 4 aromatic rings. The Labute approximate surface area is 237 Å². The maximum Gasteiger partial charge on any atom is 0.416 e. The zero-order chi connectivity index (χ0) is 30.2. The number of fused-ring (bicyclic) bond motifs is 3. The lowest BCUT2D eigenvalue weighted by Gasteiger charge is -2.35. The Morgan fingerprint density at radius 1 is 0.415 bits per heavy atom. The maximum absolute atomic E-state index is 13.9. The molecular weight excluding hydrogens is 534 g/mol. The topological polar surface area (TPSA) is 0 Å². The lowest BCUT2D eigenvalue weighted by atomic mass is 9.66. The van der Waals surface area contributed by atoms with E-state index in [9.17, 15) is 26.3 Å². The molecule has 0 saturated carbocycles. The minimum absolute atomic E-state index is 0.144. The first kappa shape index (κ1) is 29.0. The highest BCUT2D eigenvalue weighted by molar-refractivity contribution is 5.87. The van der Waals surface area contributed by atoms with E-state index in [2.05, 4.69) is 41.5 Å². The van der Waals surface area contributed by atoms with E-state index in [0.29, 0.717) is 11.1 Å². The Balaban J connectivity index is 1.90. The molecule has 5 rings (SSSR count). The van der Waals surface area contributed by atoms with Gasteiger partial charge in [0.15, 0.2) is 0 Å². The van der Waals surface area contributed by atoms with E-state index in [4.69, 9.17) is 0 Å². The summed E-state index contributed by atoms with van der Waals surface area (Å²) in [5.74, 6) is 0. The van der Waals surface area contributed by atoms with Crippen molar-refractivity contribution in [3.63, 3.8) is 0 Å². The van der Waals surface area contributed by atoms with Gasteiger partial charge in [-0.2, -0.15) is 26.3 Å². The van der Waals surface area contributed by atoms with Gasteiger partial charge in [-0.05, 0) is 79.6 Å². The van der Waals surface area contributed by atoms with E-state index >= 15 is 0 Å². The predicted octanol–water partition coefficient (Wildman–Crippen LogP) is 10.7. The first-order valence-corrected chi connectivity index (χ1v) is 13.5. The second-order valence-electron chi connectivity index (χ2n) is 12.9. The Morgan fingerprint density at radius 3 is 0.976 bits per heavy atom. The summed E-state index contributed by atoms with van der Waals surface area (Å²) in [4.78, 5) is 0. The van der Waals surface area contributed by atoms with Gasteiger partial charge in [0.25, 0.3) is 0 Å². The molecule has 0 amide bonds. The highest BCUT2D eigenvalue weighted by Gasteiger charge is 2.48. The van der Waals surface area contributed by atoms with Crippen LogP contribution in [-0.2, 0) is 28.6 Å². The van der Waals surface area contributed by atoms with Gasteiger partial charge in [-0.3, -0.25) is 0 Å². The largest absolute Gasteiger partial charge is 0.416 e. The second kappa shape index (κ2) is 9.23. The van der Waals surface area contributed by atoms with Crippen LogP contribution in [0.3, 0.4) is 0 Å². The standard InChI is InChI=1S/C35H32F6/c1-31(2,3)21-7-11-23(12-8-21)33(24-13-9-22(10-14-24)32(4,5)6)29-17-15-25(34(36,37)38)19-27(29)28-20-26(35(39,40)41)16-18-30(28)33/h7-20H,1-6H3. The average molecular weight is 567 g/mol. The number of halogens is 6. The third-order valence-corrected chi connectivity index (χ3v) is 8.16. The molecule has 0 radical (unpaired) electrons. The van der Waals surface area contributed by atoms with Crippen LogP contribution in [0.15, 0.2) is 84.9 Å². The summed E-state index contributed by atoms with van der Waals surface area (Å²) in [7, 11) is 0. The molecule has 6 heteroatoms. The number of alkyl halides is 6.